The number of aromatic hydroxyl groups is 2. The van der Waals surface area contributed by atoms with Gasteiger partial charge in [-0.1, -0.05) is 21.1 Å². The minimum Gasteiger partial charge on any atom is -0.508 e. The van der Waals surface area contributed by atoms with Crippen LogP contribution in [0.15, 0.2) is 51.5 Å². The number of nitrogens with zero attached hydrogens (tertiary/aromatic N) is 2. The molecule has 1 heterocycles. The lowest BCUT2D eigenvalue weighted by Crippen LogP contribution is -1.82. The van der Waals surface area contributed by atoms with E-state index in [1.54, 1.807) is 0 Å². The molecule has 0 bridgehead atoms. The monoisotopic (exact) mass is 332 g/mol. The van der Waals surface area contributed by atoms with E-state index in [-0.39, 0.29) is 17.4 Å². The molecule has 3 aromatic rings. The molecule has 1 aromatic heterocycles. The highest BCUT2D eigenvalue weighted by molar-refractivity contribution is 9.10. The fraction of sp³-hybridized carbons (Fsp3) is 0. The molecule has 0 saturated carbocycles. The predicted molar refractivity (Wildman–Crippen MR) is 76.2 cm³/mol. The fourth-order valence-corrected chi connectivity index (χ4v) is 2.01. The smallest absolute Gasteiger partial charge is 0.262 e. The van der Waals surface area contributed by atoms with Gasteiger partial charge in [-0.05, 0) is 42.5 Å². The molecule has 0 aliphatic rings. The second-order valence-electron chi connectivity index (χ2n) is 4.13. The van der Waals surface area contributed by atoms with Gasteiger partial charge in [-0.2, -0.15) is 4.98 Å². The highest BCUT2D eigenvalue weighted by Crippen LogP contribution is 2.32. The zero-order valence-electron chi connectivity index (χ0n) is 10.1. The van der Waals surface area contributed by atoms with Gasteiger partial charge in [-0.25, -0.2) is 0 Å². The van der Waals surface area contributed by atoms with Crippen LogP contribution in [0.1, 0.15) is 0 Å². The summed E-state index contributed by atoms with van der Waals surface area (Å²) in [4.78, 5) is 4.22. The lowest BCUT2D eigenvalue weighted by molar-refractivity contribution is 0.423. The van der Waals surface area contributed by atoms with Crippen LogP contribution in [0.3, 0.4) is 0 Å². The molecule has 0 aliphatic heterocycles. The minimum absolute atomic E-state index is 0.0150. The predicted octanol–water partition coefficient (Wildman–Crippen LogP) is 3.58. The lowest BCUT2D eigenvalue weighted by atomic mass is 10.2. The van der Waals surface area contributed by atoms with Gasteiger partial charge in [0.05, 0.1) is 5.56 Å². The molecular weight excluding hydrogens is 324 g/mol. The van der Waals surface area contributed by atoms with E-state index >= 15 is 0 Å². The van der Waals surface area contributed by atoms with Crippen LogP contribution in [0.5, 0.6) is 11.5 Å². The first-order chi connectivity index (χ1) is 9.63. The lowest BCUT2D eigenvalue weighted by Gasteiger charge is -1.99. The molecule has 0 fully saturated rings. The fourth-order valence-electron chi connectivity index (χ4n) is 1.74. The van der Waals surface area contributed by atoms with Crippen LogP contribution in [-0.4, -0.2) is 20.4 Å². The Balaban J connectivity index is 2.01. The summed E-state index contributed by atoms with van der Waals surface area (Å²) in [6.07, 6.45) is 0. The molecule has 100 valence electrons. The van der Waals surface area contributed by atoms with E-state index in [1.807, 2.05) is 24.3 Å². The topological polar surface area (TPSA) is 79.4 Å². The Kier molecular flexibility index (Phi) is 3.15. The second-order valence-corrected chi connectivity index (χ2v) is 5.05. The van der Waals surface area contributed by atoms with E-state index < -0.39 is 0 Å². The van der Waals surface area contributed by atoms with E-state index in [9.17, 15) is 10.2 Å². The average Bonchev–Trinajstić information content (AvgIpc) is 2.92. The maximum Gasteiger partial charge on any atom is 0.262 e. The third kappa shape index (κ3) is 2.37. The molecule has 20 heavy (non-hydrogen) atoms. The number of halogens is 1. The van der Waals surface area contributed by atoms with Crippen molar-refractivity contribution in [2.24, 2.45) is 0 Å². The van der Waals surface area contributed by atoms with Crippen molar-refractivity contribution in [2.75, 3.05) is 0 Å². The average molecular weight is 333 g/mol. The van der Waals surface area contributed by atoms with Crippen molar-refractivity contribution in [1.82, 2.24) is 10.1 Å². The van der Waals surface area contributed by atoms with E-state index in [1.165, 1.54) is 18.2 Å². The minimum atomic E-state index is -0.0335. The molecule has 0 atom stereocenters. The molecule has 3 rings (SSSR count). The van der Waals surface area contributed by atoms with Gasteiger partial charge in [-0.3, -0.25) is 0 Å². The molecular formula is C14H9BrN2O3. The summed E-state index contributed by atoms with van der Waals surface area (Å²) in [5, 5.41) is 23.1. The Bertz CT molecular complexity index is 753. The summed E-state index contributed by atoms with van der Waals surface area (Å²) in [6.45, 7) is 0. The van der Waals surface area contributed by atoms with Gasteiger partial charge in [-0.15, -0.1) is 0 Å². The summed E-state index contributed by atoms with van der Waals surface area (Å²) in [5.41, 5.74) is 1.09. The number of hydrogen-bond acceptors (Lipinski definition) is 5. The first kappa shape index (κ1) is 12.7. The zero-order chi connectivity index (χ0) is 14.1. The van der Waals surface area contributed by atoms with Crippen molar-refractivity contribution in [2.45, 2.75) is 0 Å². The van der Waals surface area contributed by atoms with Crippen LogP contribution >= 0.6 is 15.9 Å². The SMILES string of the molecule is Oc1ccc(O)c(-c2nc(-c3ccc(Br)cc3)no2)c1. The van der Waals surface area contributed by atoms with Gasteiger partial charge in [0.2, 0.25) is 5.82 Å². The van der Waals surface area contributed by atoms with E-state index in [2.05, 4.69) is 26.1 Å². The Hall–Kier alpha value is -2.34. The maximum atomic E-state index is 9.76. The molecule has 2 N–H and O–H groups in total. The van der Waals surface area contributed by atoms with Crippen molar-refractivity contribution in [1.29, 1.82) is 0 Å². The molecule has 0 saturated heterocycles. The summed E-state index contributed by atoms with van der Waals surface area (Å²) in [6, 6.07) is 11.6. The summed E-state index contributed by atoms with van der Waals surface area (Å²) < 4.78 is 6.08. The van der Waals surface area contributed by atoms with E-state index in [0.29, 0.717) is 11.4 Å². The summed E-state index contributed by atoms with van der Waals surface area (Å²) >= 11 is 3.35. The van der Waals surface area contributed by atoms with Crippen molar-refractivity contribution >= 4 is 15.9 Å². The number of phenols is 2. The Labute approximate surface area is 122 Å². The number of benzene rings is 2. The third-order valence-electron chi connectivity index (χ3n) is 2.74. The van der Waals surface area contributed by atoms with Crippen molar-refractivity contribution in [3.05, 3.63) is 46.9 Å². The van der Waals surface area contributed by atoms with Crippen molar-refractivity contribution in [3.8, 4) is 34.3 Å². The Morgan fingerprint density at radius 3 is 2.50 bits per heavy atom. The van der Waals surface area contributed by atoms with Crippen molar-refractivity contribution in [3.63, 3.8) is 0 Å². The first-order valence-electron chi connectivity index (χ1n) is 5.75. The quantitative estimate of drug-likeness (QED) is 0.701. The molecule has 0 unspecified atom stereocenters. The maximum absolute atomic E-state index is 9.76. The molecule has 0 amide bonds. The largest absolute Gasteiger partial charge is 0.508 e. The van der Waals surface area contributed by atoms with Gasteiger partial charge in [0.25, 0.3) is 5.89 Å². The number of hydrogen-bond donors (Lipinski definition) is 2. The number of rotatable bonds is 2. The standard InChI is InChI=1S/C14H9BrN2O3/c15-9-3-1-8(2-4-9)13-16-14(20-17-13)11-7-10(18)5-6-12(11)19/h1-7,18-19H. The molecule has 0 radical (unpaired) electrons. The molecule has 6 heteroatoms. The van der Waals surface area contributed by atoms with Gasteiger partial charge in [0.1, 0.15) is 11.5 Å². The van der Waals surface area contributed by atoms with Crippen LogP contribution < -0.4 is 0 Å². The van der Waals surface area contributed by atoms with Gasteiger partial charge < -0.3 is 14.7 Å². The summed E-state index contributed by atoms with van der Waals surface area (Å²) in [7, 11) is 0. The van der Waals surface area contributed by atoms with E-state index in [4.69, 9.17) is 4.52 Å². The van der Waals surface area contributed by atoms with Crippen LogP contribution in [0, 0.1) is 0 Å². The van der Waals surface area contributed by atoms with Gasteiger partial charge >= 0.3 is 0 Å². The molecule has 5 nitrogen and oxygen atoms in total. The Morgan fingerprint density at radius 2 is 1.75 bits per heavy atom. The zero-order valence-corrected chi connectivity index (χ0v) is 11.7. The highest BCUT2D eigenvalue weighted by Gasteiger charge is 2.14. The van der Waals surface area contributed by atoms with Crippen LogP contribution in [0.25, 0.3) is 22.8 Å². The normalized spacial score (nSPS) is 10.7. The third-order valence-corrected chi connectivity index (χ3v) is 3.27. The van der Waals surface area contributed by atoms with Crippen LogP contribution in [0.2, 0.25) is 0 Å². The van der Waals surface area contributed by atoms with Crippen molar-refractivity contribution < 1.29 is 14.7 Å². The molecule has 2 aromatic carbocycles. The van der Waals surface area contributed by atoms with Crippen LogP contribution in [0.4, 0.5) is 0 Å². The van der Waals surface area contributed by atoms with E-state index in [0.717, 1.165) is 10.0 Å². The molecule has 0 aliphatic carbocycles. The second kappa shape index (κ2) is 4.97. The molecule has 0 spiro atoms. The first-order valence-corrected chi connectivity index (χ1v) is 6.55. The van der Waals surface area contributed by atoms with Gasteiger partial charge in [0, 0.05) is 10.0 Å². The Morgan fingerprint density at radius 1 is 1.00 bits per heavy atom. The van der Waals surface area contributed by atoms with Gasteiger partial charge in [0.15, 0.2) is 0 Å². The summed E-state index contributed by atoms with van der Waals surface area (Å²) in [5.74, 6) is 0.543. The number of phenolic OH excluding ortho intramolecular Hbond substituents is 2. The number of aromatic nitrogens is 2. The highest BCUT2D eigenvalue weighted by atomic mass is 79.9. The van der Waals surface area contributed by atoms with Crippen LogP contribution in [-0.2, 0) is 0 Å².